The maximum atomic E-state index is 2.39. The highest BCUT2D eigenvalue weighted by molar-refractivity contribution is 7.25. The van der Waals surface area contributed by atoms with Crippen molar-refractivity contribution in [1.29, 1.82) is 0 Å². The van der Waals surface area contributed by atoms with E-state index in [2.05, 4.69) is 215 Å². The summed E-state index contributed by atoms with van der Waals surface area (Å²) in [5.41, 5.74) is 12.6. The highest BCUT2D eigenvalue weighted by Gasteiger charge is 2.30. The molecule has 0 spiro atoms. The van der Waals surface area contributed by atoms with Gasteiger partial charge in [0.1, 0.15) is 0 Å². The molecule has 246 valence electrons. The van der Waals surface area contributed by atoms with E-state index in [1.165, 1.54) is 31.3 Å². The van der Waals surface area contributed by atoms with Crippen LogP contribution in [0.15, 0.2) is 200 Å². The first-order valence-electron chi connectivity index (χ1n) is 17.6. The van der Waals surface area contributed by atoms with Gasteiger partial charge in [0.15, 0.2) is 0 Å². The van der Waals surface area contributed by atoms with Crippen molar-refractivity contribution in [3.8, 4) is 11.1 Å². The van der Waals surface area contributed by atoms with E-state index in [1.54, 1.807) is 0 Å². The average Bonchev–Trinajstić information content (AvgIpc) is 3.59. The summed E-state index contributed by atoms with van der Waals surface area (Å²) >= 11 is 1.85. The first-order valence-corrected chi connectivity index (χ1v) is 18.4. The number of nitrogens with zero attached hydrogens (tertiary/aromatic N) is 3. The summed E-state index contributed by atoms with van der Waals surface area (Å²) in [6.45, 7) is 0. The van der Waals surface area contributed by atoms with Crippen LogP contribution in [0.5, 0.6) is 0 Å². The average molecular weight is 684 g/mol. The SMILES string of the molecule is c1ccc(-c2ccc(N(c3ccc(N4c5ccccc5N(c5ccccc5)c5ccccc54)cc3)c3ccc4sc5ccccc5c4c3)cc2)cc1. The molecule has 10 rings (SSSR count). The number of rotatable bonds is 6. The number of hydrogen-bond acceptors (Lipinski definition) is 4. The van der Waals surface area contributed by atoms with Gasteiger partial charge in [0, 0.05) is 48.6 Å². The molecule has 0 saturated carbocycles. The number of hydrogen-bond donors (Lipinski definition) is 0. The van der Waals surface area contributed by atoms with Gasteiger partial charge < -0.3 is 14.7 Å². The van der Waals surface area contributed by atoms with Crippen molar-refractivity contribution in [2.45, 2.75) is 0 Å². The molecule has 0 N–H and O–H groups in total. The molecule has 0 bridgehead atoms. The molecule has 0 unspecified atom stereocenters. The minimum Gasteiger partial charge on any atom is -0.310 e. The molecule has 52 heavy (non-hydrogen) atoms. The van der Waals surface area contributed by atoms with Crippen LogP contribution in [0.25, 0.3) is 31.3 Å². The molecule has 0 radical (unpaired) electrons. The van der Waals surface area contributed by atoms with E-state index in [9.17, 15) is 0 Å². The third-order valence-electron chi connectivity index (χ3n) is 9.96. The predicted octanol–water partition coefficient (Wildman–Crippen LogP) is 14.4. The van der Waals surface area contributed by atoms with E-state index < -0.39 is 0 Å². The maximum Gasteiger partial charge on any atom is 0.0703 e. The normalized spacial score (nSPS) is 12.2. The molecule has 0 atom stereocenters. The molecule has 1 aromatic heterocycles. The summed E-state index contributed by atoms with van der Waals surface area (Å²) in [4.78, 5) is 7.12. The zero-order valence-corrected chi connectivity index (χ0v) is 29.1. The summed E-state index contributed by atoms with van der Waals surface area (Å²) in [7, 11) is 0. The topological polar surface area (TPSA) is 9.72 Å². The molecule has 9 aromatic rings. The van der Waals surface area contributed by atoms with Gasteiger partial charge in [-0.05, 0) is 108 Å². The zero-order valence-electron chi connectivity index (χ0n) is 28.3. The Balaban J connectivity index is 1.09. The largest absolute Gasteiger partial charge is 0.310 e. The molecule has 3 nitrogen and oxygen atoms in total. The van der Waals surface area contributed by atoms with E-state index in [0.29, 0.717) is 0 Å². The van der Waals surface area contributed by atoms with E-state index in [-0.39, 0.29) is 0 Å². The second-order valence-corrected chi connectivity index (χ2v) is 14.1. The van der Waals surface area contributed by atoms with Gasteiger partial charge in [0.05, 0.1) is 22.7 Å². The number of thiophene rings is 1. The highest BCUT2D eigenvalue weighted by Crippen LogP contribution is 2.54. The third-order valence-corrected chi connectivity index (χ3v) is 11.1. The van der Waals surface area contributed by atoms with Crippen LogP contribution in [0, 0.1) is 0 Å². The quantitative estimate of drug-likeness (QED) is 0.173. The molecular weight excluding hydrogens is 651 g/mol. The van der Waals surface area contributed by atoms with Gasteiger partial charge in [-0.3, -0.25) is 0 Å². The van der Waals surface area contributed by atoms with Crippen molar-refractivity contribution in [3.63, 3.8) is 0 Å². The second kappa shape index (κ2) is 12.6. The lowest BCUT2D eigenvalue weighted by Crippen LogP contribution is -2.23. The van der Waals surface area contributed by atoms with E-state index >= 15 is 0 Å². The summed E-state index contributed by atoms with van der Waals surface area (Å²) in [6.07, 6.45) is 0. The Bertz CT molecular complexity index is 2640. The fourth-order valence-electron chi connectivity index (χ4n) is 7.56. The van der Waals surface area contributed by atoms with Crippen molar-refractivity contribution in [2.75, 3.05) is 14.7 Å². The maximum absolute atomic E-state index is 2.39. The van der Waals surface area contributed by atoms with Gasteiger partial charge in [0.2, 0.25) is 0 Å². The Morgan fingerprint density at radius 3 is 1.38 bits per heavy atom. The molecule has 0 saturated heterocycles. The first kappa shape index (κ1) is 30.2. The third kappa shape index (κ3) is 5.12. The minimum atomic E-state index is 1.10. The molecule has 1 aliphatic rings. The van der Waals surface area contributed by atoms with Gasteiger partial charge in [-0.15, -0.1) is 11.3 Å². The molecular formula is C48H33N3S. The standard InChI is InChI=1S/C48H33N3S/c1-3-13-34(14-4-1)35-23-25-37(26-24-35)49(40-31-32-48-42(33-40)41-17-7-12-22-47(41)52-48)38-27-29-39(30-28-38)51-45-20-10-8-18-43(45)50(36-15-5-2-6-16-36)44-19-9-11-21-46(44)51/h1-33H. The van der Waals surface area contributed by atoms with Gasteiger partial charge in [-0.2, -0.15) is 0 Å². The molecule has 8 aromatic carbocycles. The Morgan fingerprint density at radius 2 is 0.769 bits per heavy atom. The lowest BCUT2D eigenvalue weighted by Gasteiger charge is -2.40. The fourth-order valence-corrected chi connectivity index (χ4v) is 8.65. The first-order chi connectivity index (χ1) is 25.8. The molecule has 4 heteroatoms. The zero-order chi connectivity index (χ0) is 34.4. The fraction of sp³-hybridized carbons (Fsp3) is 0. The van der Waals surface area contributed by atoms with Crippen molar-refractivity contribution in [1.82, 2.24) is 0 Å². The van der Waals surface area contributed by atoms with Crippen LogP contribution in [-0.4, -0.2) is 0 Å². The van der Waals surface area contributed by atoms with Gasteiger partial charge >= 0.3 is 0 Å². The van der Waals surface area contributed by atoms with Crippen LogP contribution >= 0.6 is 11.3 Å². The lowest BCUT2D eigenvalue weighted by molar-refractivity contribution is 1.17. The van der Waals surface area contributed by atoms with E-state index in [0.717, 1.165) is 51.2 Å². The van der Waals surface area contributed by atoms with E-state index in [4.69, 9.17) is 0 Å². The van der Waals surface area contributed by atoms with Crippen LogP contribution < -0.4 is 14.7 Å². The molecule has 1 aliphatic heterocycles. The summed E-state index contributed by atoms with van der Waals surface area (Å²) in [5.74, 6) is 0. The number of anilines is 9. The Hall–Kier alpha value is -6.62. The Labute approximate surface area is 307 Å². The van der Waals surface area contributed by atoms with Gasteiger partial charge in [-0.1, -0.05) is 103 Å². The second-order valence-electron chi connectivity index (χ2n) is 13.0. The highest BCUT2D eigenvalue weighted by atomic mass is 32.1. The van der Waals surface area contributed by atoms with Gasteiger partial charge in [0.25, 0.3) is 0 Å². The monoisotopic (exact) mass is 683 g/mol. The van der Waals surface area contributed by atoms with Crippen molar-refractivity contribution in [2.24, 2.45) is 0 Å². The molecule has 0 amide bonds. The smallest absolute Gasteiger partial charge is 0.0703 e. The van der Waals surface area contributed by atoms with Gasteiger partial charge in [-0.25, -0.2) is 0 Å². The van der Waals surface area contributed by atoms with Crippen molar-refractivity contribution < 1.29 is 0 Å². The van der Waals surface area contributed by atoms with E-state index in [1.807, 2.05) is 11.3 Å². The minimum absolute atomic E-state index is 1.10. The van der Waals surface area contributed by atoms with Crippen LogP contribution in [0.4, 0.5) is 51.2 Å². The van der Waals surface area contributed by atoms with Crippen molar-refractivity contribution >= 4 is 82.7 Å². The predicted molar refractivity (Wildman–Crippen MR) is 222 cm³/mol. The molecule has 0 aliphatic carbocycles. The Morgan fingerprint density at radius 1 is 0.327 bits per heavy atom. The van der Waals surface area contributed by atoms with Crippen LogP contribution in [0.1, 0.15) is 0 Å². The number of benzene rings is 8. The van der Waals surface area contributed by atoms with Crippen LogP contribution in [-0.2, 0) is 0 Å². The lowest BCUT2D eigenvalue weighted by atomic mass is 10.0. The van der Waals surface area contributed by atoms with Crippen LogP contribution in [0.3, 0.4) is 0 Å². The Kier molecular flexibility index (Phi) is 7.33. The summed E-state index contributed by atoms with van der Waals surface area (Å²) in [6, 6.07) is 72.1. The summed E-state index contributed by atoms with van der Waals surface area (Å²) in [5, 5.41) is 2.58. The molecule has 2 heterocycles. The molecule has 0 fully saturated rings. The van der Waals surface area contributed by atoms with Crippen LogP contribution in [0.2, 0.25) is 0 Å². The number of para-hydroxylation sites is 5. The summed E-state index contributed by atoms with van der Waals surface area (Å²) < 4.78 is 2.61. The number of fused-ring (bicyclic) bond motifs is 5. The van der Waals surface area contributed by atoms with Crippen molar-refractivity contribution in [3.05, 3.63) is 200 Å².